The van der Waals surface area contributed by atoms with E-state index in [1.54, 1.807) is 18.2 Å². The molecule has 0 heterocycles. The van der Waals surface area contributed by atoms with Gasteiger partial charge in [0.15, 0.2) is 0 Å². The van der Waals surface area contributed by atoms with Crippen LogP contribution >= 0.6 is 28.6 Å². The van der Waals surface area contributed by atoms with Gasteiger partial charge in [0.1, 0.15) is 6.07 Å². The molecule has 90 valence electrons. The molecule has 1 N–H and O–H groups in total. The molecule has 17 heavy (non-hydrogen) atoms. The van der Waals surface area contributed by atoms with Gasteiger partial charge < -0.3 is 5.32 Å². The highest BCUT2D eigenvalue weighted by molar-refractivity contribution is 9.10. The summed E-state index contributed by atoms with van der Waals surface area (Å²) in [5.74, 6) is -0.0612. The Labute approximate surface area is 115 Å². The Bertz CT molecular complexity index is 468. The second-order valence-electron chi connectivity index (χ2n) is 3.98. The van der Waals surface area contributed by atoms with Gasteiger partial charge >= 0.3 is 0 Å². The molecule has 1 atom stereocenters. The molecule has 0 fully saturated rings. The Kier molecular flexibility index (Phi) is 5.03. The van der Waals surface area contributed by atoms with Gasteiger partial charge in [-0.1, -0.05) is 29.8 Å². The Balaban J connectivity index is 2.92. The summed E-state index contributed by atoms with van der Waals surface area (Å²) in [7, 11) is 0. The van der Waals surface area contributed by atoms with Crippen LogP contribution in [0.15, 0.2) is 22.7 Å². The quantitative estimate of drug-likeness (QED) is 0.842. The third-order valence-electron chi connectivity index (χ3n) is 2.26. The summed E-state index contributed by atoms with van der Waals surface area (Å²) in [4.78, 5) is 11.8. The van der Waals surface area contributed by atoms with Crippen LogP contribution in [0.5, 0.6) is 0 Å². The Morgan fingerprint density at radius 3 is 2.71 bits per heavy atom. The summed E-state index contributed by atoms with van der Waals surface area (Å²) < 4.78 is 0.812. The van der Waals surface area contributed by atoms with E-state index in [1.807, 2.05) is 19.9 Å². The number of carbonyl (C=O) groups is 1. The highest BCUT2D eigenvalue weighted by atomic mass is 79.9. The van der Waals surface area contributed by atoms with Crippen molar-refractivity contribution in [3.8, 4) is 6.07 Å². The highest BCUT2D eigenvalue weighted by Crippen LogP contribution is 2.22. The van der Waals surface area contributed by atoms with Crippen LogP contribution in [0.4, 0.5) is 5.69 Å². The van der Waals surface area contributed by atoms with Gasteiger partial charge in [-0.15, -0.1) is 0 Å². The van der Waals surface area contributed by atoms with Crippen LogP contribution in [0.2, 0.25) is 0 Å². The zero-order chi connectivity index (χ0) is 13.0. The maximum Gasteiger partial charge on any atom is 0.237 e. The van der Waals surface area contributed by atoms with Crippen LogP contribution in [-0.2, 0) is 4.79 Å². The van der Waals surface area contributed by atoms with Crippen molar-refractivity contribution < 1.29 is 4.79 Å². The number of anilines is 1. The molecule has 1 rings (SSSR count). The maximum atomic E-state index is 11.8. The first kappa shape index (κ1) is 14.1. The second kappa shape index (κ2) is 6.08. The third-order valence-corrected chi connectivity index (χ3v) is 3.58. The van der Waals surface area contributed by atoms with Crippen molar-refractivity contribution in [2.45, 2.75) is 19.1 Å². The number of rotatable bonds is 3. The number of benzene rings is 1. The summed E-state index contributed by atoms with van der Waals surface area (Å²) in [6.45, 7) is 3.84. The minimum atomic E-state index is -0.388. The molecule has 3 nitrogen and oxygen atoms in total. The molecule has 1 unspecified atom stereocenters. The van der Waals surface area contributed by atoms with Crippen LogP contribution in [-0.4, -0.2) is 11.2 Å². The standard InChI is InChI=1S/C12H13BrN2OS/c1-7(2)11(17)12(16)15-10-5-9(13)4-3-8(10)6-14/h3-5,7,11,17H,1-2H3,(H,15,16). The molecule has 0 aliphatic carbocycles. The van der Waals surface area contributed by atoms with E-state index in [9.17, 15) is 4.79 Å². The molecule has 0 aliphatic heterocycles. The average molecular weight is 313 g/mol. The van der Waals surface area contributed by atoms with Gasteiger partial charge in [0.2, 0.25) is 5.91 Å². The van der Waals surface area contributed by atoms with Crippen molar-refractivity contribution in [3.63, 3.8) is 0 Å². The summed E-state index contributed by atoms with van der Waals surface area (Å²) in [5, 5.41) is 11.3. The van der Waals surface area contributed by atoms with Crippen LogP contribution in [0.3, 0.4) is 0 Å². The zero-order valence-electron chi connectivity index (χ0n) is 9.57. The SMILES string of the molecule is CC(C)C(S)C(=O)Nc1cc(Br)ccc1C#N. The molecule has 0 saturated heterocycles. The molecular formula is C12H13BrN2OS. The number of hydrogen-bond donors (Lipinski definition) is 2. The molecular weight excluding hydrogens is 300 g/mol. The van der Waals surface area contributed by atoms with Gasteiger partial charge in [0.25, 0.3) is 0 Å². The summed E-state index contributed by atoms with van der Waals surface area (Å²) in [5.41, 5.74) is 0.942. The number of carbonyl (C=O) groups excluding carboxylic acids is 1. The van der Waals surface area contributed by atoms with E-state index in [1.165, 1.54) is 0 Å². The molecule has 5 heteroatoms. The fourth-order valence-electron chi connectivity index (χ4n) is 1.23. The summed E-state index contributed by atoms with van der Waals surface area (Å²) >= 11 is 7.53. The van der Waals surface area contributed by atoms with Crippen molar-refractivity contribution in [1.29, 1.82) is 5.26 Å². The second-order valence-corrected chi connectivity index (χ2v) is 5.45. The minimum absolute atomic E-state index is 0.135. The van der Waals surface area contributed by atoms with E-state index in [0.717, 1.165) is 4.47 Å². The van der Waals surface area contributed by atoms with Gasteiger partial charge in [0.05, 0.1) is 16.5 Å². The topological polar surface area (TPSA) is 52.9 Å². The normalized spacial score (nSPS) is 12.0. The largest absolute Gasteiger partial charge is 0.324 e. The van der Waals surface area contributed by atoms with Crippen molar-refractivity contribution in [2.75, 3.05) is 5.32 Å². The monoisotopic (exact) mass is 312 g/mol. The van der Waals surface area contributed by atoms with E-state index in [0.29, 0.717) is 11.3 Å². The van der Waals surface area contributed by atoms with Crippen LogP contribution in [0.25, 0.3) is 0 Å². The fraction of sp³-hybridized carbons (Fsp3) is 0.333. The van der Waals surface area contributed by atoms with E-state index in [2.05, 4.69) is 33.9 Å². The van der Waals surface area contributed by atoms with Crippen LogP contribution < -0.4 is 5.32 Å². The summed E-state index contributed by atoms with van der Waals surface area (Å²) in [6.07, 6.45) is 0. The lowest BCUT2D eigenvalue weighted by atomic mass is 10.1. The average Bonchev–Trinajstić information content (AvgIpc) is 2.28. The van der Waals surface area contributed by atoms with E-state index < -0.39 is 0 Å². The third kappa shape index (κ3) is 3.76. The van der Waals surface area contributed by atoms with Gasteiger partial charge in [-0.2, -0.15) is 17.9 Å². The number of thiol groups is 1. The molecule has 1 amide bonds. The number of nitrogens with one attached hydrogen (secondary N) is 1. The Hall–Kier alpha value is -0.990. The van der Waals surface area contributed by atoms with Crippen LogP contribution in [0.1, 0.15) is 19.4 Å². The van der Waals surface area contributed by atoms with Crippen molar-refractivity contribution in [3.05, 3.63) is 28.2 Å². The zero-order valence-corrected chi connectivity index (χ0v) is 12.0. The smallest absolute Gasteiger partial charge is 0.237 e. The number of nitriles is 1. The molecule has 1 aromatic carbocycles. The van der Waals surface area contributed by atoms with Crippen LogP contribution in [0, 0.1) is 17.2 Å². The Morgan fingerprint density at radius 1 is 1.53 bits per heavy atom. The maximum absolute atomic E-state index is 11.8. The predicted octanol–water partition coefficient (Wildman–Crippen LogP) is 3.21. The van der Waals surface area contributed by atoms with Gasteiger partial charge in [-0.25, -0.2) is 0 Å². The van der Waals surface area contributed by atoms with Crippen molar-refractivity contribution >= 4 is 40.2 Å². The molecule has 1 aromatic rings. The lowest BCUT2D eigenvalue weighted by molar-refractivity contribution is -0.116. The first-order chi connectivity index (χ1) is 7.95. The summed E-state index contributed by atoms with van der Waals surface area (Å²) in [6, 6.07) is 7.16. The van der Waals surface area contributed by atoms with Crippen molar-refractivity contribution in [2.24, 2.45) is 5.92 Å². The lowest BCUT2D eigenvalue weighted by Crippen LogP contribution is -2.27. The fourth-order valence-corrected chi connectivity index (χ4v) is 1.65. The van der Waals surface area contributed by atoms with E-state index in [-0.39, 0.29) is 17.1 Å². The lowest BCUT2D eigenvalue weighted by Gasteiger charge is -2.15. The predicted molar refractivity (Wildman–Crippen MR) is 75.1 cm³/mol. The first-order valence-corrected chi connectivity index (χ1v) is 6.45. The molecule has 0 radical (unpaired) electrons. The Morgan fingerprint density at radius 2 is 2.18 bits per heavy atom. The highest BCUT2D eigenvalue weighted by Gasteiger charge is 2.18. The molecule has 0 saturated carbocycles. The van der Waals surface area contributed by atoms with E-state index in [4.69, 9.17) is 5.26 Å². The minimum Gasteiger partial charge on any atom is -0.324 e. The number of amides is 1. The molecule has 0 aromatic heterocycles. The van der Waals surface area contributed by atoms with Gasteiger partial charge in [-0.05, 0) is 24.1 Å². The first-order valence-electron chi connectivity index (χ1n) is 5.14. The number of hydrogen-bond acceptors (Lipinski definition) is 3. The van der Waals surface area contributed by atoms with Gasteiger partial charge in [-0.3, -0.25) is 4.79 Å². The molecule has 0 bridgehead atoms. The molecule has 0 spiro atoms. The molecule has 0 aliphatic rings. The van der Waals surface area contributed by atoms with Crippen molar-refractivity contribution in [1.82, 2.24) is 0 Å². The number of halogens is 1. The van der Waals surface area contributed by atoms with Gasteiger partial charge in [0, 0.05) is 4.47 Å². The van der Waals surface area contributed by atoms with E-state index >= 15 is 0 Å². The number of nitrogens with zero attached hydrogens (tertiary/aromatic N) is 1.